The molecule has 2 atom stereocenters. The fourth-order valence-corrected chi connectivity index (χ4v) is 1.33. The smallest absolute Gasteiger partial charge is 0.212 e. The third-order valence-corrected chi connectivity index (χ3v) is 2.33. The third kappa shape index (κ3) is 1.89. The second-order valence-electron chi connectivity index (χ2n) is 3.18. The average Bonchev–Trinajstić information content (AvgIpc) is 2.08. The number of nitrogens with zero attached hydrogens (tertiary/aromatic N) is 1. The molecule has 0 bridgehead atoms. The molecule has 0 aromatic heterocycles. The van der Waals surface area contributed by atoms with Crippen LogP contribution in [0.3, 0.4) is 0 Å². The largest absolute Gasteiger partial charge is 0.295 e. The fraction of sp³-hybridized carbons (Fsp3) is 0.750. The Kier molecular flexibility index (Phi) is 2.94. The normalized spacial score (nSPS) is 31.5. The summed E-state index contributed by atoms with van der Waals surface area (Å²) in [6.45, 7) is 2.84. The Morgan fingerprint density at radius 3 is 2.83 bits per heavy atom. The standard InChI is InChI=1S/C8H14N2O2/c1-6-9-7(8(12)5-11)3-4-10(6)2/h5-7,9H,3-4H2,1-2H3. The van der Waals surface area contributed by atoms with Gasteiger partial charge in [0, 0.05) is 6.54 Å². The van der Waals surface area contributed by atoms with Gasteiger partial charge in [-0.05, 0) is 20.4 Å². The molecule has 1 saturated heterocycles. The Labute approximate surface area is 71.9 Å². The van der Waals surface area contributed by atoms with Crippen LogP contribution in [0.15, 0.2) is 0 Å². The SMILES string of the molecule is CC1NC(C(=O)C=O)CCN1C. The van der Waals surface area contributed by atoms with Crippen LogP contribution in [0.5, 0.6) is 0 Å². The summed E-state index contributed by atoms with van der Waals surface area (Å²) in [6.07, 6.45) is 1.29. The Hall–Kier alpha value is -0.740. The topological polar surface area (TPSA) is 49.4 Å². The van der Waals surface area contributed by atoms with E-state index in [2.05, 4.69) is 10.2 Å². The molecular formula is C8H14N2O2. The molecule has 0 aliphatic carbocycles. The summed E-state index contributed by atoms with van der Waals surface area (Å²) in [5, 5.41) is 3.06. The van der Waals surface area contributed by atoms with Crippen molar-refractivity contribution in [1.82, 2.24) is 10.2 Å². The molecule has 1 rings (SSSR count). The zero-order valence-electron chi connectivity index (χ0n) is 7.41. The molecule has 0 saturated carbocycles. The molecule has 4 heteroatoms. The van der Waals surface area contributed by atoms with Crippen LogP contribution in [0.2, 0.25) is 0 Å². The molecule has 2 unspecified atom stereocenters. The molecule has 1 aliphatic rings. The van der Waals surface area contributed by atoms with Crippen molar-refractivity contribution >= 4 is 12.1 Å². The maximum Gasteiger partial charge on any atom is 0.212 e. The number of rotatable bonds is 2. The van der Waals surface area contributed by atoms with Crippen molar-refractivity contribution in [3.8, 4) is 0 Å². The summed E-state index contributed by atoms with van der Waals surface area (Å²) in [4.78, 5) is 23.3. The van der Waals surface area contributed by atoms with E-state index < -0.39 is 0 Å². The molecule has 0 radical (unpaired) electrons. The van der Waals surface area contributed by atoms with E-state index in [9.17, 15) is 9.59 Å². The molecule has 1 aliphatic heterocycles. The van der Waals surface area contributed by atoms with Crippen molar-refractivity contribution in [3.63, 3.8) is 0 Å². The van der Waals surface area contributed by atoms with Crippen molar-refractivity contribution in [3.05, 3.63) is 0 Å². The van der Waals surface area contributed by atoms with Crippen LogP contribution in [-0.2, 0) is 9.59 Å². The lowest BCUT2D eigenvalue weighted by atomic mass is 10.1. The number of hydrogen-bond donors (Lipinski definition) is 1. The highest BCUT2D eigenvalue weighted by atomic mass is 16.2. The lowest BCUT2D eigenvalue weighted by Crippen LogP contribution is -2.55. The third-order valence-electron chi connectivity index (χ3n) is 2.33. The number of aldehydes is 1. The van der Waals surface area contributed by atoms with Gasteiger partial charge in [0.15, 0.2) is 6.29 Å². The van der Waals surface area contributed by atoms with Gasteiger partial charge in [-0.25, -0.2) is 0 Å². The zero-order chi connectivity index (χ0) is 9.14. The second-order valence-corrected chi connectivity index (χ2v) is 3.18. The maximum atomic E-state index is 11.0. The highest BCUT2D eigenvalue weighted by Gasteiger charge is 2.26. The molecule has 0 spiro atoms. The van der Waals surface area contributed by atoms with Crippen LogP contribution >= 0.6 is 0 Å². The van der Waals surface area contributed by atoms with Gasteiger partial charge in [0.05, 0.1) is 12.2 Å². The minimum absolute atomic E-state index is 0.174. The summed E-state index contributed by atoms with van der Waals surface area (Å²) in [7, 11) is 1.99. The van der Waals surface area contributed by atoms with Crippen LogP contribution in [0, 0.1) is 0 Å². The van der Waals surface area contributed by atoms with Gasteiger partial charge in [-0.2, -0.15) is 0 Å². The van der Waals surface area contributed by atoms with Gasteiger partial charge in [0.1, 0.15) is 0 Å². The Balaban J connectivity index is 2.50. The summed E-state index contributed by atoms with van der Waals surface area (Å²) < 4.78 is 0. The zero-order valence-corrected chi connectivity index (χ0v) is 7.41. The number of carbonyl (C=O) groups excluding carboxylic acids is 2. The Morgan fingerprint density at radius 2 is 2.33 bits per heavy atom. The summed E-state index contributed by atoms with van der Waals surface area (Å²) in [6, 6.07) is -0.270. The minimum atomic E-state index is -0.338. The van der Waals surface area contributed by atoms with Crippen molar-refractivity contribution in [2.75, 3.05) is 13.6 Å². The predicted octanol–water partition coefficient (Wildman–Crippen LogP) is -0.606. The van der Waals surface area contributed by atoms with Crippen molar-refractivity contribution in [2.24, 2.45) is 0 Å². The Morgan fingerprint density at radius 1 is 1.67 bits per heavy atom. The molecule has 4 nitrogen and oxygen atoms in total. The van der Waals surface area contributed by atoms with Gasteiger partial charge in [-0.15, -0.1) is 0 Å². The number of carbonyl (C=O) groups is 2. The lowest BCUT2D eigenvalue weighted by Gasteiger charge is -2.34. The van der Waals surface area contributed by atoms with E-state index in [0.717, 1.165) is 13.0 Å². The van der Waals surface area contributed by atoms with E-state index in [0.29, 0.717) is 6.29 Å². The van der Waals surface area contributed by atoms with E-state index in [4.69, 9.17) is 0 Å². The number of nitrogens with one attached hydrogen (secondary N) is 1. The number of hydrogen-bond acceptors (Lipinski definition) is 4. The maximum absolute atomic E-state index is 11.0. The molecular weight excluding hydrogens is 156 g/mol. The number of Topliss-reactive ketones (excluding diaryl/α,β-unsaturated/α-hetero) is 1. The molecule has 1 fully saturated rings. The monoisotopic (exact) mass is 170 g/mol. The van der Waals surface area contributed by atoms with Gasteiger partial charge in [-0.1, -0.05) is 0 Å². The van der Waals surface area contributed by atoms with Gasteiger partial charge in [0.25, 0.3) is 0 Å². The van der Waals surface area contributed by atoms with Crippen molar-refractivity contribution in [2.45, 2.75) is 25.6 Å². The summed E-state index contributed by atoms with van der Waals surface area (Å²) in [5.41, 5.74) is 0. The predicted molar refractivity (Wildman–Crippen MR) is 44.7 cm³/mol. The van der Waals surface area contributed by atoms with Crippen LogP contribution in [0.1, 0.15) is 13.3 Å². The van der Waals surface area contributed by atoms with Gasteiger partial charge >= 0.3 is 0 Å². The van der Waals surface area contributed by atoms with Gasteiger partial charge < -0.3 is 0 Å². The van der Waals surface area contributed by atoms with Crippen LogP contribution < -0.4 is 5.32 Å². The van der Waals surface area contributed by atoms with Crippen LogP contribution in [0.4, 0.5) is 0 Å². The van der Waals surface area contributed by atoms with E-state index >= 15 is 0 Å². The average molecular weight is 170 g/mol. The molecule has 1 N–H and O–H groups in total. The van der Waals surface area contributed by atoms with Gasteiger partial charge in [-0.3, -0.25) is 19.8 Å². The summed E-state index contributed by atoms with van der Waals surface area (Å²) in [5.74, 6) is -0.338. The van der Waals surface area contributed by atoms with E-state index in [1.54, 1.807) is 0 Å². The first kappa shape index (κ1) is 9.35. The highest BCUT2D eigenvalue weighted by molar-refractivity contribution is 6.27. The fourth-order valence-electron chi connectivity index (χ4n) is 1.33. The second kappa shape index (κ2) is 3.78. The van der Waals surface area contributed by atoms with E-state index in [1.165, 1.54) is 0 Å². The van der Waals surface area contributed by atoms with Gasteiger partial charge in [0.2, 0.25) is 5.78 Å². The van der Waals surface area contributed by atoms with E-state index in [-0.39, 0.29) is 18.0 Å². The Bertz CT molecular complexity index is 193. The first-order valence-corrected chi connectivity index (χ1v) is 4.10. The molecule has 12 heavy (non-hydrogen) atoms. The summed E-state index contributed by atoms with van der Waals surface area (Å²) >= 11 is 0. The number of ketones is 1. The molecule has 0 aromatic rings. The van der Waals surface area contributed by atoms with E-state index in [1.807, 2.05) is 14.0 Å². The van der Waals surface area contributed by atoms with Crippen molar-refractivity contribution in [1.29, 1.82) is 0 Å². The first-order chi connectivity index (χ1) is 5.65. The lowest BCUT2D eigenvalue weighted by molar-refractivity contribution is -0.132. The van der Waals surface area contributed by atoms with Crippen LogP contribution in [0.25, 0.3) is 0 Å². The molecule has 0 aromatic carbocycles. The highest BCUT2D eigenvalue weighted by Crippen LogP contribution is 2.06. The first-order valence-electron chi connectivity index (χ1n) is 4.10. The molecule has 1 heterocycles. The van der Waals surface area contributed by atoms with Crippen molar-refractivity contribution < 1.29 is 9.59 Å². The minimum Gasteiger partial charge on any atom is -0.295 e. The molecule has 0 amide bonds. The van der Waals surface area contributed by atoms with Crippen LogP contribution in [-0.4, -0.2) is 42.8 Å². The quantitative estimate of drug-likeness (QED) is 0.444. The molecule has 68 valence electrons.